The maximum atomic E-state index is 13.4. The summed E-state index contributed by atoms with van der Waals surface area (Å²) in [5, 5.41) is 3.75. The Labute approximate surface area is 187 Å². The van der Waals surface area contributed by atoms with E-state index in [0.29, 0.717) is 37.1 Å². The largest absolute Gasteiger partial charge is 0.465 e. The molecule has 32 heavy (non-hydrogen) atoms. The van der Waals surface area contributed by atoms with Crippen LogP contribution >= 0.6 is 0 Å². The van der Waals surface area contributed by atoms with E-state index in [0.717, 1.165) is 17.7 Å². The molecule has 0 radical (unpaired) electrons. The number of aromatic nitrogens is 1. The van der Waals surface area contributed by atoms with Crippen molar-refractivity contribution in [2.75, 3.05) is 31.6 Å². The summed E-state index contributed by atoms with van der Waals surface area (Å²) in [6, 6.07) is 5.34. The predicted octanol–water partition coefficient (Wildman–Crippen LogP) is 2.46. The van der Waals surface area contributed by atoms with Gasteiger partial charge in [-0.1, -0.05) is 11.2 Å². The summed E-state index contributed by atoms with van der Waals surface area (Å²) in [5.41, 5.74) is 2.40. The van der Waals surface area contributed by atoms with Gasteiger partial charge in [-0.25, -0.2) is 13.2 Å². The Balaban J connectivity index is 1.50. The van der Waals surface area contributed by atoms with Gasteiger partial charge in [-0.15, -0.1) is 0 Å². The molecule has 1 fully saturated rings. The third-order valence-corrected chi connectivity index (χ3v) is 8.43. The second-order valence-electron chi connectivity index (χ2n) is 8.22. The fraction of sp³-hybridized carbons (Fsp3) is 0.500. The molecular weight excluding hydrogens is 434 g/mol. The minimum Gasteiger partial charge on any atom is -0.465 e. The standard InChI is InChI=1S/C22H27N3O6S/c1-14-20(15(2)31-23-14)32(28,29)24-12-9-16(10-13-24)21(26)25-11-5-7-17-18(22(27)30-3)6-4-8-19(17)25/h4,6,8,16H,5,7,9-13H2,1-3H3. The van der Waals surface area contributed by atoms with Crippen molar-refractivity contribution in [1.29, 1.82) is 0 Å². The minimum absolute atomic E-state index is 0.0256. The Bertz CT molecular complexity index is 1130. The van der Waals surface area contributed by atoms with Gasteiger partial charge in [0.15, 0.2) is 5.76 Å². The number of methoxy groups -OCH3 is 1. The van der Waals surface area contributed by atoms with Crippen LogP contribution in [0.25, 0.3) is 0 Å². The summed E-state index contributed by atoms with van der Waals surface area (Å²) in [6.45, 7) is 4.28. The molecule has 10 heteroatoms. The van der Waals surface area contributed by atoms with E-state index in [9.17, 15) is 18.0 Å². The molecule has 1 aromatic heterocycles. The second-order valence-corrected chi connectivity index (χ2v) is 10.1. The van der Waals surface area contributed by atoms with Gasteiger partial charge in [0.05, 0.1) is 12.7 Å². The smallest absolute Gasteiger partial charge is 0.338 e. The van der Waals surface area contributed by atoms with E-state index in [1.165, 1.54) is 11.4 Å². The highest BCUT2D eigenvalue weighted by Gasteiger charge is 2.37. The number of hydrogen-bond donors (Lipinski definition) is 0. The number of anilines is 1. The van der Waals surface area contributed by atoms with Crippen LogP contribution in [0.5, 0.6) is 0 Å². The Kier molecular flexibility index (Phi) is 6.09. The molecule has 1 aromatic carbocycles. The molecular formula is C22H27N3O6S. The van der Waals surface area contributed by atoms with E-state index in [2.05, 4.69) is 5.16 Å². The van der Waals surface area contributed by atoms with E-state index < -0.39 is 16.0 Å². The normalized spacial score (nSPS) is 17.8. The lowest BCUT2D eigenvalue weighted by molar-refractivity contribution is -0.123. The molecule has 0 bridgehead atoms. The van der Waals surface area contributed by atoms with Crippen molar-refractivity contribution >= 4 is 27.6 Å². The zero-order valence-corrected chi connectivity index (χ0v) is 19.3. The summed E-state index contributed by atoms with van der Waals surface area (Å²) in [4.78, 5) is 27.4. The van der Waals surface area contributed by atoms with E-state index in [1.807, 2.05) is 6.07 Å². The highest BCUT2D eigenvalue weighted by Crippen LogP contribution is 2.34. The average molecular weight is 462 g/mol. The average Bonchev–Trinajstić information content (AvgIpc) is 3.15. The molecule has 9 nitrogen and oxygen atoms in total. The zero-order chi connectivity index (χ0) is 23.0. The van der Waals surface area contributed by atoms with Crippen molar-refractivity contribution in [3.63, 3.8) is 0 Å². The van der Waals surface area contributed by atoms with Gasteiger partial charge in [-0.05, 0) is 57.2 Å². The van der Waals surface area contributed by atoms with Crippen LogP contribution in [0.15, 0.2) is 27.6 Å². The Morgan fingerprint density at radius 3 is 2.50 bits per heavy atom. The molecule has 0 aliphatic carbocycles. The van der Waals surface area contributed by atoms with Crippen molar-refractivity contribution < 1.29 is 27.3 Å². The van der Waals surface area contributed by atoms with Crippen LogP contribution in [0.1, 0.15) is 46.6 Å². The Hall–Kier alpha value is -2.72. The minimum atomic E-state index is -3.72. The number of fused-ring (bicyclic) bond motifs is 1. The van der Waals surface area contributed by atoms with E-state index in [4.69, 9.17) is 9.26 Å². The summed E-state index contributed by atoms with van der Waals surface area (Å²) < 4.78 is 37.4. The van der Waals surface area contributed by atoms with Gasteiger partial charge in [0.1, 0.15) is 10.6 Å². The van der Waals surface area contributed by atoms with Crippen LogP contribution in [0.4, 0.5) is 5.69 Å². The van der Waals surface area contributed by atoms with Crippen LogP contribution in [0.2, 0.25) is 0 Å². The Morgan fingerprint density at radius 1 is 1.16 bits per heavy atom. The van der Waals surface area contributed by atoms with Crippen molar-refractivity contribution in [1.82, 2.24) is 9.46 Å². The van der Waals surface area contributed by atoms with Crippen molar-refractivity contribution in [3.05, 3.63) is 40.8 Å². The first-order chi connectivity index (χ1) is 15.3. The first kappa shape index (κ1) is 22.5. The molecule has 172 valence electrons. The summed E-state index contributed by atoms with van der Waals surface area (Å²) in [7, 11) is -2.37. The van der Waals surface area contributed by atoms with Gasteiger partial charge >= 0.3 is 5.97 Å². The molecule has 2 aliphatic rings. The molecule has 3 heterocycles. The number of amides is 1. The topological polar surface area (TPSA) is 110 Å². The number of rotatable bonds is 4. The quantitative estimate of drug-likeness (QED) is 0.643. The highest BCUT2D eigenvalue weighted by molar-refractivity contribution is 7.89. The third kappa shape index (κ3) is 3.81. The maximum Gasteiger partial charge on any atom is 0.338 e. The molecule has 2 aliphatic heterocycles. The molecule has 1 saturated heterocycles. The number of hydrogen-bond acceptors (Lipinski definition) is 7. The first-order valence-electron chi connectivity index (χ1n) is 10.7. The van der Waals surface area contributed by atoms with E-state index in [1.54, 1.807) is 30.9 Å². The number of ether oxygens (including phenoxy) is 1. The second kappa shape index (κ2) is 8.67. The number of sulfonamides is 1. The Morgan fingerprint density at radius 2 is 1.88 bits per heavy atom. The monoisotopic (exact) mass is 461 g/mol. The zero-order valence-electron chi connectivity index (χ0n) is 18.5. The molecule has 1 amide bonds. The number of carbonyl (C=O) groups is 2. The van der Waals surface area contributed by atoms with E-state index in [-0.39, 0.29) is 35.6 Å². The van der Waals surface area contributed by atoms with Gasteiger partial charge in [0.25, 0.3) is 0 Å². The number of aryl methyl sites for hydroxylation is 2. The number of carbonyl (C=O) groups excluding carboxylic acids is 2. The van der Waals surface area contributed by atoms with Crippen LogP contribution < -0.4 is 4.90 Å². The molecule has 0 atom stereocenters. The number of piperidine rings is 1. The van der Waals surface area contributed by atoms with Gasteiger partial charge in [0, 0.05) is 31.2 Å². The van der Waals surface area contributed by atoms with Crippen molar-refractivity contribution in [3.8, 4) is 0 Å². The summed E-state index contributed by atoms with van der Waals surface area (Å²) in [5.74, 6) is -0.442. The molecule has 0 spiro atoms. The number of nitrogens with zero attached hydrogens (tertiary/aromatic N) is 3. The molecule has 2 aromatic rings. The van der Waals surface area contributed by atoms with Crippen LogP contribution in [0, 0.1) is 19.8 Å². The molecule has 4 rings (SSSR count). The lowest BCUT2D eigenvalue weighted by Crippen LogP contribution is -2.46. The highest BCUT2D eigenvalue weighted by atomic mass is 32.2. The van der Waals surface area contributed by atoms with Gasteiger partial charge in [0.2, 0.25) is 15.9 Å². The maximum absolute atomic E-state index is 13.4. The molecule has 0 unspecified atom stereocenters. The van der Waals surface area contributed by atoms with Gasteiger partial charge in [-0.2, -0.15) is 4.31 Å². The predicted molar refractivity (Wildman–Crippen MR) is 116 cm³/mol. The van der Waals surface area contributed by atoms with Crippen LogP contribution in [-0.2, 0) is 26.0 Å². The first-order valence-corrected chi connectivity index (χ1v) is 12.1. The fourth-order valence-corrected chi connectivity index (χ4v) is 6.45. The molecule has 0 saturated carbocycles. The number of benzene rings is 1. The van der Waals surface area contributed by atoms with Gasteiger partial charge in [-0.3, -0.25) is 4.79 Å². The summed E-state index contributed by atoms with van der Waals surface area (Å²) >= 11 is 0. The number of esters is 1. The fourth-order valence-electron chi connectivity index (χ4n) is 4.69. The van der Waals surface area contributed by atoms with Crippen molar-refractivity contribution in [2.45, 2.75) is 44.4 Å². The van der Waals surface area contributed by atoms with E-state index >= 15 is 0 Å². The summed E-state index contributed by atoms with van der Waals surface area (Å²) in [6.07, 6.45) is 2.33. The molecule has 0 N–H and O–H groups in total. The third-order valence-electron chi connectivity index (χ3n) is 6.29. The lowest BCUT2D eigenvalue weighted by atomic mass is 9.92. The van der Waals surface area contributed by atoms with Crippen molar-refractivity contribution in [2.24, 2.45) is 5.92 Å². The van der Waals surface area contributed by atoms with Gasteiger partial charge < -0.3 is 14.2 Å². The van der Waals surface area contributed by atoms with Crippen LogP contribution in [-0.4, -0.2) is 56.5 Å². The lowest BCUT2D eigenvalue weighted by Gasteiger charge is -2.36. The van der Waals surface area contributed by atoms with Crippen LogP contribution in [0.3, 0.4) is 0 Å². The SMILES string of the molecule is COC(=O)c1cccc2c1CCCN2C(=O)C1CCN(S(=O)(=O)c2c(C)noc2C)CC1.